The Kier molecular flexibility index (Phi) is 6.84. The third-order valence-electron chi connectivity index (χ3n) is 4.62. The van der Waals surface area contributed by atoms with E-state index in [1.165, 1.54) is 32.1 Å². The molecular formula is C16H32N2O. The molecule has 0 heterocycles. The van der Waals surface area contributed by atoms with Crippen molar-refractivity contribution in [3.8, 4) is 0 Å². The predicted octanol–water partition coefficient (Wildman–Crippen LogP) is 3.24. The zero-order valence-corrected chi connectivity index (χ0v) is 13.2. The Labute approximate surface area is 118 Å². The molecule has 0 saturated heterocycles. The van der Waals surface area contributed by atoms with E-state index in [2.05, 4.69) is 31.4 Å². The lowest BCUT2D eigenvalue weighted by atomic mass is 9.75. The second-order valence-electron chi connectivity index (χ2n) is 6.50. The zero-order valence-electron chi connectivity index (χ0n) is 13.2. The van der Waals surface area contributed by atoms with Crippen LogP contribution in [0.1, 0.15) is 72.6 Å². The van der Waals surface area contributed by atoms with Gasteiger partial charge in [0.05, 0.1) is 6.04 Å². The van der Waals surface area contributed by atoms with Crippen LogP contribution in [0.3, 0.4) is 0 Å². The molecule has 1 saturated carbocycles. The summed E-state index contributed by atoms with van der Waals surface area (Å²) in [7, 11) is 0. The van der Waals surface area contributed by atoms with Gasteiger partial charge in [0, 0.05) is 12.6 Å². The molecule has 0 aliphatic heterocycles. The van der Waals surface area contributed by atoms with Crippen LogP contribution in [0.4, 0.5) is 0 Å². The van der Waals surface area contributed by atoms with Gasteiger partial charge in [0.1, 0.15) is 0 Å². The number of nitrogens with one attached hydrogen (secondary N) is 2. The van der Waals surface area contributed by atoms with Crippen molar-refractivity contribution in [1.82, 2.24) is 10.6 Å². The highest BCUT2D eigenvalue weighted by Gasteiger charge is 2.27. The van der Waals surface area contributed by atoms with Crippen LogP contribution in [0.5, 0.6) is 0 Å². The lowest BCUT2D eigenvalue weighted by Gasteiger charge is -2.34. The fourth-order valence-corrected chi connectivity index (χ4v) is 2.89. The summed E-state index contributed by atoms with van der Waals surface area (Å²) in [5.41, 5.74) is 0.391. The normalized spacial score (nSPS) is 20.3. The molecule has 0 aromatic rings. The molecule has 112 valence electrons. The van der Waals surface area contributed by atoms with Crippen molar-refractivity contribution in [1.29, 1.82) is 0 Å². The number of hydrogen-bond acceptors (Lipinski definition) is 2. The Balaban J connectivity index is 2.33. The summed E-state index contributed by atoms with van der Waals surface area (Å²) in [6, 6.07) is 0.237. The average Bonchev–Trinajstić information content (AvgIpc) is 2.42. The molecule has 19 heavy (non-hydrogen) atoms. The van der Waals surface area contributed by atoms with Gasteiger partial charge in [-0.3, -0.25) is 4.79 Å². The fourth-order valence-electron chi connectivity index (χ4n) is 2.89. The third-order valence-corrected chi connectivity index (χ3v) is 4.62. The highest BCUT2D eigenvalue weighted by Crippen LogP contribution is 2.34. The highest BCUT2D eigenvalue weighted by atomic mass is 16.2. The Morgan fingerprint density at radius 1 is 1.16 bits per heavy atom. The highest BCUT2D eigenvalue weighted by molar-refractivity contribution is 5.81. The van der Waals surface area contributed by atoms with Crippen LogP contribution in [-0.2, 0) is 4.79 Å². The van der Waals surface area contributed by atoms with E-state index >= 15 is 0 Å². The van der Waals surface area contributed by atoms with Crippen molar-refractivity contribution in [3.63, 3.8) is 0 Å². The first kappa shape index (κ1) is 16.5. The molecule has 1 amide bonds. The van der Waals surface area contributed by atoms with Gasteiger partial charge in [0.2, 0.25) is 5.91 Å². The molecular weight excluding hydrogens is 236 g/mol. The predicted molar refractivity (Wildman–Crippen MR) is 81.2 cm³/mol. The first-order valence-electron chi connectivity index (χ1n) is 8.04. The van der Waals surface area contributed by atoms with Gasteiger partial charge in [-0.05, 0) is 38.0 Å². The number of amides is 1. The summed E-state index contributed by atoms with van der Waals surface area (Å²) in [6.07, 6.45) is 8.65. The molecule has 0 aromatic heterocycles. The van der Waals surface area contributed by atoms with Gasteiger partial charge in [-0.2, -0.15) is 0 Å². The van der Waals surface area contributed by atoms with Crippen LogP contribution < -0.4 is 10.6 Å². The Morgan fingerprint density at radius 2 is 1.74 bits per heavy atom. The summed E-state index contributed by atoms with van der Waals surface area (Å²) < 4.78 is 0. The molecule has 1 fully saturated rings. The maximum absolute atomic E-state index is 12.1. The van der Waals surface area contributed by atoms with E-state index in [9.17, 15) is 4.79 Å². The van der Waals surface area contributed by atoms with Crippen molar-refractivity contribution >= 4 is 5.91 Å². The lowest BCUT2D eigenvalue weighted by molar-refractivity contribution is -0.123. The van der Waals surface area contributed by atoms with E-state index < -0.39 is 0 Å². The van der Waals surface area contributed by atoms with E-state index in [1.54, 1.807) is 0 Å². The smallest absolute Gasteiger partial charge is 0.237 e. The van der Waals surface area contributed by atoms with E-state index in [-0.39, 0.29) is 11.9 Å². The van der Waals surface area contributed by atoms with Crippen molar-refractivity contribution in [2.45, 2.75) is 84.7 Å². The fraction of sp³-hybridized carbons (Fsp3) is 0.938. The van der Waals surface area contributed by atoms with E-state index in [1.807, 2.05) is 6.92 Å². The first-order chi connectivity index (χ1) is 9.00. The van der Waals surface area contributed by atoms with Gasteiger partial charge in [0.25, 0.3) is 0 Å². The minimum atomic E-state index is -0.0839. The van der Waals surface area contributed by atoms with E-state index in [4.69, 9.17) is 0 Å². The number of rotatable bonds is 7. The number of carbonyl (C=O) groups is 1. The molecule has 1 rings (SSSR count). The molecule has 1 atom stereocenters. The van der Waals surface area contributed by atoms with Crippen molar-refractivity contribution in [3.05, 3.63) is 0 Å². The molecule has 0 spiro atoms. The molecule has 1 aliphatic carbocycles. The van der Waals surface area contributed by atoms with Gasteiger partial charge in [-0.25, -0.2) is 0 Å². The van der Waals surface area contributed by atoms with E-state index in [0.717, 1.165) is 19.4 Å². The second-order valence-corrected chi connectivity index (χ2v) is 6.50. The van der Waals surface area contributed by atoms with Gasteiger partial charge in [-0.1, -0.05) is 40.0 Å². The number of hydrogen-bond donors (Lipinski definition) is 2. The van der Waals surface area contributed by atoms with Crippen LogP contribution in [-0.4, -0.2) is 24.5 Å². The summed E-state index contributed by atoms with van der Waals surface area (Å²) in [5, 5.41) is 6.55. The SMILES string of the molecule is CCC(CC)NC(=O)C(C)NCC1(C)CCCCC1. The standard InChI is InChI=1S/C16H32N2O/c1-5-14(6-2)18-15(19)13(3)17-12-16(4)10-8-7-9-11-16/h13-14,17H,5-12H2,1-4H3,(H,18,19). The Morgan fingerprint density at radius 3 is 2.26 bits per heavy atom. The van der Waals surface area contributed by atoms with Gasteiger partial charge in [-0.15, -0.1) is 0 Å². The molecule has 2 N–H and O–H groups in total. The maximum atomic E-state index is 12.1. The quantitative estimate of drug-likeness (QED) is 0.744. The first-order valence-corrected chi connectivity index (χ1v) is 8.04. The molecule has 0 aromatic carbocycles. The summed E-state index contributed by atoms with van der Waals surface area (Å²) in [5.74, 6) is 0.146. The van der Waals surface area contributed by atoms with Crippen molar-refractivity contribution in [2.75, 3.05) is 6.54 Å². The number of carbonyl (C=O) groups excluding carboxylic acids is 1. The molecule has 1 aliphatic rings. The van der Waals surface area contributed by atoms with Crippen LogP contribution in [0, 0.1) is 5.41 Å². The average molecular weight is 268 g/mol. The maximum Gasteiger partial charge on any atom is 0.237 e. The summed E-state index contributed by atoms with van der Waals surface area (Å²) in [4.78, 5) is 12.1. The van der Waals surface area contributed by atoms with Crippen LogP contribution >= 0.6 is 0 Å². The topological polar surface area (TPSA) is 41.1 Å². The summed E-state index contributed by atoms with van der Waals surface area (Å²) in [6.45, 7) is 9.53. The minimum absolute atomic E-state index is 0.0839. The van der Waals surface area contributed by atoms with Crippen molar-refractivity contribution < 1.29 is 4.79 Å². The minimum Gasteiger partial charge on any atom is -0.352 e. The molecule has 0 radical (unpaired) electrons. The Hall–Kier alpha value is -0.570. The van der Waals surface area contributed by atoms with Gasteiger partial charge >= 0.3 is 0 Å². The van der Waals surface area contributed by atoms with Crippen LogP contribution in [0.25, 0.3) is 0 Å². The largest absolute Gasteiger partial charge is 0.352 e. The molecule has 1 unspecified atom stereocenters. The third kappa shape index (κ3) is 5.52. The Bertz CT molecular complexity index is 268. The molecule has 3 heteroatoms. The monoisotopic (exact) mass is 268 g/mol. The van der Waals surface area contributed by atoms with Crippen LogP contribution in [0.2, 0.25) is 0 Å². The molecule has 3 nitrogen and oxygen atoms in total. The molecule has 0 bridgehead atoms. The van der Waals surface area contributed by atoms with Crippen molar-refractivity contribution in [2.24, 2.45) is 5.41 Å². The van der Waals surface area contributed by atoms with Gasteiger partial charge < -0.3 is 10.6 Å². The lowest BCUT2D eigenvalue weighted by Crippen LogP contribution is -2.48. The zero-order chi connectivity index (χ0) is 14.3. The van der Waals surface area contributed by atoms with E-state index in [0.29, 0.717) is 11.5 Å². The second kappa shape index (κ2) is 7.88. The van der Waals surface area contributed by atoms with Crippen LogP contribution in [0.15, 0.2) is 0 Å². The van der Waals surface area contributed by atoms with Gasteiger partial charge in [0.15, 0.2) is 0 Å². The summed E-state index contributed by atoms with van der Waals surface area (Å²) >= 11 is 0.